The van der Waals surface area contributed by atoms with Gasteiger partial charge in [0, 0.05) is 65.5 Å². The minimum absolute atomic E-state index is 0.160. The summed E-state index contributed by atoms with van der Waals surface area (Å²) >= 11 is 0. The van der Waals surface area contributed by atoms with Gasteiger partial charge in [-0.2, -0.15) is 22.5 Å². The Morgan fingerprint density at radius 3 is 2.35 bits per heavy atom. The van der Waals surface area contributed by atoms with Crippen LogP contribution in [0.3, 0.4) is 0 Å². The molecule has 3 aromatic heterocycles. The lowest BCUT2D eigenvalue weighted by Crippen LogP contribution is -2.61. The van der Waals surface area contributed by atoms with Crippen LogP contribution in [-0.4, -0.2) is 89.5 Å². The summed E-state index contributed by atoms with van der Waals surface area (Å²) in [6, 6.07) is 9.39. The molecular weight excluding hydrogens is 651 g/mol. The van der Waals surface area contributed by atoms with E-state index in [1.165, 1.54) is 23.4 Å². The van der Waals surface area contributed by atoms with Crippen LogP contribution in [0.4, 0.5) is 41.1 Å². The number of hydrogen-bond acceptors (Lipinski definition) is 10. The molecule has 4 heterocycles. The van der Waals surface area contributed by atoms with E-state index in [2.05, 4.69) is 24.6 Å². The van der Waals surface area contributed by atoms with Crippen molar-refractivity contribution in [3.8, 4) is 5.82 Å². The summed E-state index contributed by atoms with van der Waals surface area (Å²) in [5, 5.41) is 3.35. The molecule has 1 aliphatic rings. The number of alkyl halides is 3. The number of nitrogens with one attached hydrogen (secondary N) is 1. The number of halogens is 3. The van der Waals surface area contributed by atoms with Crippen LogP contribution in [0.2, 0.25) is 0 Å². The highest BCUT2D eigenvalue weighted by molar-refractivity contribution is 7.92. The van der Waals surface area contributed by atoms with Crippen molar-refractivity contribution in [2.75, 3.05) is 42.4 Å². The van der Waals surface area contributed by atoms with E-state index in [1.807, 2.05) is 13.8 Å². The van der Waals surface area contributed by atoms with Crippen LogP contribution >= 0.6 is 0 Å². The fourth-order valence-electron chi connectivity index (χ4n) is 5.27. The predicted molar refractivity (Wildman–Crippen MR) is 178 cm³/mol. The van der Waals surface area contributed by atoms with Gasteiger partial charge in [-0.1, -0.05) is 6.07 Å². The molecule has 0 aliphatic carbocycles. The Bertz CT molecular complexity index is 2000. The molecule has 5 rings (SSSR count). The third kappa shape index (κ3) is 7.72. The average molecular weight is 690 g/mol. The monoisotopic (exact) mass is 689 g/mol. The Kier molecular flexibility index (Phi) is 9.20. The first-order valence-electron chi connectivity index (χ1n) is 15.1. The Morgan fingerprint density at radius 1 is 1.06 bits per heavy atom. The highest BCUT2D eigenvalue weighted by atomic mass is 32.2. The molecule has 258 valence electrons. The number of anilines is 3. The van der Waals surface area contributed by atoms with Crippen LogP contribution in [0.25, 0.3) is 16.9 Å². The molecule has 0 spiro atoms. The zero-order valence-electron chi connectivity index (χ0n) is 27.6. The van der Waals surface area contributed by atoms with Gasteiger partial charge >= 0.3 is 12.3 Å². The van der Waals surface area contributed by atoms with Crippen molar-refractivity contribution in [1.82, 2.24) is 29.2 Å². The van der Waals surface area contributed by atoms with E-state index in [0.29, 0.717) is 17.2 Å². The van der Waals surface area contributed by atoms with Crippen LogP contribution < -0.4 is 15.8 Å². The maximum Gasteiger partial charge on any atom is 0.410 e. The SMILES string of the molecule is CC(C)n1c(=O)c2cnc(Nc3ccc(N4CCN(C(=O)OC(C)(C)C)C(C(F)(F)F)C4)cc3)nc2n1-c1cccc(N=S(C)(C)=O)n1. The fraction of sp³-hybridized carbons (Fsp3) is 0.452. The number of pyridine rings is 1. The lowest BCUT2D eigenvalue weighted by Gasteiger charge is -2.43. The third-order valence-electron chi connectivity index (χ3n) is 7.24. The number of ether oxygens (including phenoxy) is 1. The van der Waals surface area contributed by atoms with Gasteiger partial charge in [-0.3, -0.25) is 9.69 Å². The van der Waals surface area contributed by atoms with E-state index in [1.54, 1.807) is 72.8 Å². The number of carbonyl (C=O) groups is 1. The lowest BCUT2D eigenvalue weighted by atomic mass is 10.1. The Morgan fingerprint density at radius 2 is 1.75 bits per heavy atom. The third-order valence-corrected chi connectivity index (χ3v) is 7.86. The average Bonchev–Trinajstić information content (AvgIpc) is 3.27. The largest absolute Gasteiger partial charge is 0.444 e. The van der Waals surface area contributed by atoms with Crippen molar-refractivity contribution in [1.29, 1.82) is 0 Å². The Hall–Kier alpha value is -4.67. The first-order valence-corrected chi connectivity index (χ1v) is 17.5. The molecule has 1 atom stereocenters. The number of aromatic nitrogens is 5. The number of hydrogen-bond donors (Lipinski definition) is 1. The summed E-state index contributed by atoms with van der Waals surface area (Å²) in [4.78, 5) is 41.7. The van der Waals surface area contributed by atoms with E-state index in [9.17, 15) is 27.0 Å². The van der Waals surface area contributed by atoms with Crippen LogP contribution in [0, 0.1) is 0 Å². The molecule has 0 saturated carbocycles. The van der Waals surface area contributed by atoms with Gasteiger partial charge in [-0.25, -0.2) is 28.3 Å². The van der Waals surface area contributed by atoms with Gasteiger partial charge in [0.1, 0.15) is 17.0 Å². The summed E-state index contributed by atoms with van der Waals surface area (Å²) in [6.45, 7) is 8.08. The maximum atomic E-state index is 14.0. The quantitative estimate of drug-likeness (QED) is 0.272. The molecule has 1 unspecified atom stereocenters. The van der Waals surface area contributed by atoms with Gasteiger partial charge in [0.2, 0.25) is 5.95 Å². The van der Waals surface area contributed by atoms with Crippen molar-refractivity contribution in [3.05, 3.63) is 59.0 Å². The zero-order valence-corrected chi connectivity index (χ0v) is 28.5. The maximum absolute atomic E-state index is 14.0. The first-order chi connectivity index (χ1) is 22.3. The number of benzene rings is 1. The molecule has 4 aromatic rings. The Labute approximate surface area is 275 Å². The van der Waals surface area contributed by atoms with E-state index in [-0.39, 0.29) is 47.5 Å². The van der Waals surface area contributed by atoms with E-state index in [4.69, 9.17) is 4.74 Å². The molecule has 0 bridgehead atoms. The topological polar surface area (TPSA) is 140 Å². The van der Waals surface area contributed by atoms with Crippen LogP contribution in [0.5, 0.6) is 0 Å². The molecule has 1 aromatic carbocycles. The highest BCUT2D eigenvalue weighted by Gasteiger charge is 2.49. The summed E-state index contributed by atoms with van der Waals surface area (Å²) in [5.41, 5.74) is 0.124. The standard InChI is InChI=1S/C31H38F3N9O4S/c1-19(2)42-27(44)22-17-35-28(38-26(22)43(42)25-10-8-9-24(37-25)39-48(6,7)46)36-20-11-13-21(14-12-20)40-15-16-41(23(18-40)31(32,33)34)29(45)47-30(3,4)5/h8-14,17,19,23H,15-16,18H2,1-7H3,(H,35,36,38). The summed E-state index contributed by atoms with van der Waals surface area (Å²) in [7, 11) is -2.49. The molecular formula is C31H38F3N9O4S. The van der Waals surface area contributed by atoms with Gasteiger partial charge in [0.05, 0.1) is 0 Å². The summed E-state index contributed by atoms with van der Waals surface area (Å²) in [5.74, 6) is 0.755. The number of rotatable bonds is 6. The molecule has 17 heteroatoms. The highest BCUT2D eigenvalue weighted by Crippen LogP contribution is 2.32. The van der Waals surface area contributed by atoms with Crippen molar-refractivity contribution in [3.63, 3.8) is 0 Å². The van der Waals surface area contributed by atoms with Gasteiger partial charge in [-0.05, 0) is 71.0 Å². The lowest BCUT2D eigenvalue weighted by molar-refractivity contribution is -0.181. The van der Waals surface area contributed by atoms with Crippen LogP contribution in [-0.2, 0) is 14.5 Å². The normalized spacial score (nSPS) is 16.0. The second-order valence-electron chi connectivity index (χ2n) is 13.0. The molecule has 1 aliphatic heterocycles. The van der Waals surface area contributed by atoms with Crippen molar-refractivity contribution in [2.45, 2.75) is 58.5 Å². The van der Waals surface area contributed by atoms with Crippen LogP contribution in [0.15, 0.2) is 57.8 Å². The van der Waals surface area contributed by atoms with E-state index in [0.717, 1.165) is 4.90 Å². The van der Waals surface area contributed by atoms with Crippen LogP contribution in [0.1, 0.15) is 40.7 Å². The number of fused-ring (bicyclic) bond motifs is 1. The molecule has 0 radical (unpaired) electrons. The Balaban J connectivity index is 1.41. The van der Waals surface area contributed by atoms with E-state index < -0.39 is 40.2 Å². The minimum Gasteiger partial charge on any atom is -0.444 e. The smallest absolute Gasteiger partial charge is 0.410 e. The molecule has 48 heavy (non-hydrogen) atoms. The van der Waals surface area contributed by atoms with Gasteiger partial charge in [0.25, 0.3) is 5.56 Å². The predicted octanol–water partition coefficient (Wildman–Crippen LogP) is 5.65. The second kappa shape index (κ2) is 12.7. The fourth-order valence-corrected chi connectivity index (χ4v) is 5.83. The first kappa shape index (κ1) is 34.7. The van der Waals surface area contributed by atoms with Crippen molar-refractivity contribution >= 4 is 50.0 Å². The van der Waals surface area contributed by atoms with Crippen molar-refractivity contribution in [2.24, 2.45) is 4.36 Å². The van der Waals surface area contributed by atoms with Gasteiger partial charge in [-0.15, -0.1) is 0 Å². The number of carbonyl (C=O) groups excluding carboxylic acids is 1. The summed E-state index contributed by atoms with van der Waals surface area (Å²) < 4.78 is 66.9. The molecule has 13 nitrogen and oxygen atoms in total. The number of piperazine rings is 1. The zero-order chi connectivity index (χ0) is 35.2. The number of nitrogens with zero attached hydrogens (tertiary/aromatic N) is 8. The van der Waals surface area contributed by atoms with E-state index >= 15 is 0 Å². The molecule has 1 amide bonds. The second-order valence-corrected chi connectivity index (χ2v) is 15.5. The van der Waals surface area contributed by atoms with Gasteiger partial charge in [0.15, 0.2) is 17.3 Å². The van der Waals surface area contributed by atoms with Gasteiger partial charge < -0.3 is 15.0 Å². The minimum atomic E-state index is -4.65. The summed E-state index contributed by atoms with van der Waals surface area (Å²) in [6.07, 6.45) is -1.24. The molecule has 1 saturated heterocycles. The van der Waals surface area contributed by atoms with Crippen molar-refractivity contribution < 1.29 is 26.9 Å². The molecule has 1 fully saturated rings. The number of amides is 1. The molecule has 1 N–H and O–H groups in total.